The minimum atomic E-state index is -0.0307. The minimum Gasteiger partial charge on any atom is -0.465 e. The third-order valence-electron chi connectivity index (χ3n) is 2.15. The fraction of sp³-hybridized carbons (Fsp3) is 0.625. The van der Waals surface area contributed by atoms with Gasteiger partial charge in [0.05, 0.1) is 13.0 Å². The first-order chi connectivity index (χ1) is 4.84. The van der Waals surface area contributed by atoms with Gasteiger partial charge in [-0.15, -0.1) is 0 Å². The fourth-order valence-electron chi connectivity index (χ4n) is 1.61. The van der Waals surface area contributed by atoms with Crippen molar-refractivity contribution < 1.29 is 9.53 Å². The molecule has 0 unspecified atom stereocenters. The van der Waals surface area contributed by atoms with Crippen molar-refractivity contribution >= 4 is 5.97 Å². The van der Waals surface area contributed by atoms with Crippen molar-refractivity contribution in [1.82, 2.24) is 0 Å². The topological polar surface area (TPSA) is 26.3 Å². The number of rotatable bonds is 0. The Morgan fingerprint density at radius 3 is 3.10 bits per heavy atom. The van der Waals surface area contributed by atoms with Crippen LogP contribution >= 0.6 is 0 Å². The normalized spacial score (nSPS) is 37.4. The quantitative estimate of drug-likeness (QED) is 0.370. The van der Waals surface area contributed by atoms with Gasteiger partial charge in [-0.3, -0.25) is 4.79 Å². The highest BCUT2D eigenvalue weighted by molar-refractivity contribution is 5.70. The molecule has 54 valence electrons. The van der Waals surface area contributed by atoms with E-state index in [0.717, 1.165) is 6.42 Å². The van der Waals surface area contributed by atoms with Gasteiger partial charge in [0, 0.05) is 5.92 Å². The highest BCUT2D eigenvalue weighted by atomic mass is 16.5. The summed E-state index contributed by atoms with van der Waals surface area (Å²) >= 11 is 0. The summed E-state index contributed by atoms with van der Waals surface area (Å²) in [4.78, 5) is 10.8. The third-order valence-corrected chi connectivity index (χ3v) is 2.15. The maximum atomic E-state index is 10.8. The van der Waals surface area contributed by atoms with E-state index < -0.39 is 0 Å². The molecule has 1 aliphatic carbocycles. The number of fused-ring (bicyclic) bond motifs is 2. The SMILES string of the molecule is O=C1C[C@H]2C=C[C@@H](CO1)C2. The molecule has 0 radical (unpaired) electrons. The molecule has 0 aromatic heterocycles. The van der Waals surface area contributed by atoms with Crippen molar-refractivity contribution in [1.29, 1.82) is 0 Å². The van der Waals surface area contributed by atoms with Gasteiger partial charge in [0.1, 0.15) is 0 Å². The van der Waals surface area contributed by atoms with Crippen LogP contribution in [0, 0.1) is 11.8 Å². The lowest BCUT2D eigenvalue weighted by Gasteiger charge is -2.03. The average molecular weight is 138 g/mol. The molecule has 2 nitrogen and oxygen atoms in total. The second kappa shape index (κ2) is 2.11. The van der Waals surface area contributed by atoms with Crippen LogP contribution in [0.3, 0.4) is 0 Å². The molecule has 1 fully saturated rings. The predicted molar refractivity (Wildman–Crippen MR) is 36.3 cm³/mol. The van der Waals surface area contributed by atoms with Crippen molar-refractivity contribution in [3.05, 3.63) is 12.2 Å². The Kier molecular flexibility index (Phi) is 1.26. The van der Waals surface area contributed by atoms with Crippen LogP contribution in [0.5, 0.6) is 0 Å². The first-order valence-corrected chi connectivity index (χ1v) is 3.68. The van der Waals surface area contributed by atoms with Crippen LogP contribution in [-0.2, 0) is 9.53 Å². The zero-order chi connectivity index (χ0) is 6.97. The molecular weight excluding hydrogens is 128 g/mol. The molecule has 1 saturated heterocycles. The van der Waals surface area contributed by atoms with Gasteiger partial charge in [-0.1, -0.05) is 12.2 Å². The summed E-state index contributed by atoms with van der Waals surface area (Å²) in [5.74, 6) is 0.952. The van der Waals surface area contributed by atoms with E-state index in [2.05, 4.69) is 12.2 Å². The van der Waals surface area contributed by atoms with Gasteiger partial charge in [-0.2, -0.15) is 0 Å². The van der Waals surface area contributed by atoms with Gasteiger partial charge in [0.15, 0.2) is 0 Å². The number of hydrogen-bond donors (Lipinski definition) is 0. The molecule has 1 heterocycles. The molecule has 1 aliphatic heterocycles. The summed E-state index contributed by atoms with van der Waals surface area (Å²) < 4.78 is 4.95. The van der Waals surface area contributed by atoms with E-state index in [-0.39, 0.29) is 5.97 Å². The van der Waals surface area contributed by atoms with Crippen LogP contribution in [0.1, 0.15) is 12.8 Å². The number of hydrogen-bond acceptors (Lipinski definition) is 2. The van der Waals surface area contributed by atoms with Crippen molar-refractivity contribution in [3.8, 4) is 0 Å². The van der Waals surface area contributed by atoms with Crippen LogP contribution in [-0.4, -0.2) is 12.6 Å². The Morgan fingerprint density at radius 1 is 1.40 bits per heavy atom. The lowest BCUT2D eigenvalue weighted by atomic mass is 10.0. The predicted octanol–water partition coefficient (Wildman–Crippen LogP) is 1.13. The van der Waals surface area contributed by atoms with E-state index in [1.54, 1.807) is 0 Å². The average Bonchev–Trinajstić information content (AvgIpc) is 2.22. The van der Waals surface area contributed by atoms with Crippen molar-refractivity contribution in [2.24, 2.45) is 11.8 Å². The summed E-state index contributed by atoms with van der Waals surface area (Å²) in [5, 5.41) is 0. The van der Waals surface area contributed by atoms with Gasteiger partial charge in [-0.05, 0) is 12.3 Å². The van der Waals surface area contributed by atoms with Gasteiger partial charge >= 0.3 is 5.97 Å². The van der Waals surface area contributed by atoms with Crippen LogP contribution in [0.15, 0.2) is 12.2 Å². The highest BCUT2D eigenvalue weighted by Crippen LogP contribution is 2.29. The van der Waals surface area contributed by atoms with Crippen LogP contribution in [0.4, 0.5) is 0 Å². The molecule has 0 N–H and O–H groups in total. The molecule has 10 heavy (non-hydrogen) atoms. The molecule has 2 heteroatoms. The maximum Gasteiger partial charge on any atom is 0.306 e. The molecule has 2 bridgehead atoms. The van der Waals surface area contributed by atoms with Crippen LogP contribution in [0.25, 0.3) is 0 Å². The van der Waals surface area contributed by atoms with E-state index >= 15 is 0 Å². The molecule has 0 aromatic rings. The fourth-order valence-corrected chi connectivity index (χ4v) is 1.61. The van der Waals surface area contributed by atoms with Crippen LogP contribution in [0.2, 0.25) is 0 Å². The maximum absolute atomic E-state index is 10.8. The first-order valence-electron chi connectivity index (χ1n) is 3.68. The third kappa shape index (κ3) is 0.939. The van der Waals surface area contributed by atoms with E-state index in [1.165, 1.54) is 0 Å². The molecule has 2 aliphatic rings. The second-order valence-corrected chi connectivity index (χ2v) is 3.03. The lowest BCUT2D eigenvalue weighted by molar-refractivity contribution is -0.143. The zero-order valence-electron chi connectivity index (χ0n) is 5.75. The second-order valence-electron chi connectivity index (χ2n) is 3.03. The number of esters is 1. The number of ether oxygens (including phenoxy) is 1. The zero-order valence-corrected chi connectivity index (χ0v) is 5.75. The van der Waals surface area contributed by atoms with Crippen molar-refractivity contribution in [2.45, 2.75) is 12.8 Å². The van der Waals surface area contributed by atoms with Crippen molar-refractivity contribution in [3.63, 3.8) is 0 Å². The van der Waals surface area contributed by atoms with Crippen molar-refractivity contribution in [2.75, 3.05) is 6.61 Å². The number of carbonyl (C=O) groups is 1. The summed E-state index contributed by atoms with van der Waals surface area (Å²) in [7, 11) is 0. The number of cyclic esters (lactones) is 1. The van der Waals surface area contributed by atoms with Gasteiger partial charge in [0.25, 0.3) is 0 Å². The molecule has 0 spiro atoms. The summed E-state index contributed by atoms with van der Waals surface area (Å²) in [6.45, 7) is 0.603. The molecule has 2 atom stereocenters. The highest BCUT2D eigenvalue weighted by Gasteiger charge is 2.26. The van der Waals surface area contributed by atoms with Gasteiger partial charge < -0.3 is 4.74 Å². The largest absolute Gasteiger partial charge is 0.465 e. The number of carbonyl (C=O) groups excluding carboxylic acids is 1. The monoisotopic (exact) mass is 138 g/mol. The van der Waals surface area contributed by atoms with Crippen LogP contribution < -0.4 is 0 Å². The summed E-state index contributed by atoms with van der Waals surface area (Å²) in [5.41, 5.74) is 0. The Morgan fingerprint density at radius 2 is 2.20 bits per heavy atom. The Balaban J connectivity index is 2.14. The Bertz CT molecular complexity index is 184. The lowest BCUT2D eigenvalue weighted by Crippen LogP contribution is -2.07. The molecule has 0 saturated carbocycles. The minimum absolute atomic E-state index is 0.0307. The van der Waals surface area contributed by atoms with E-state index in [9.17, 15) is 4.79 Å². The Hall–Kier alpha value is -0.790. The molecule has 0 aromatic carbocycles. The van der Waals surface area contributed by atoms with Gasteiger partial charge in [0.2, 0.25) is 0 Å². The molecular formula is C8H10O2. The van der Waals surface area contributed by atoms with E-state index in [4.69, 9.17) is 4.74 Å². The first kappa shape index (κ1) is 5.96. The molecule has 0 amide bonds. The Labute approximate surface area is 59.9 Å². The van der Waals surface area contributed by atoms with E-state index in [0.29, 0.717) is 24.9 Å². The smallest absolute Gasteiger partial charge is 0.306 e. The summed E-state index contributed by atoms with van der Waals surface area (Å²) in [6, 6.07) is 0. The van der Waals surface area contributed by atoms with Gasteiger partial charge in [-0.25, -0.2) is 0 Å². The summed E-state index contributed by atoms with van der Waals surface area (Å²) in [6.07, 6.45) is 6.01. The molecule has 2 rings (SSSR count). The standard InChI is InChI=1S/C8H10O2/c9-8-4-6-1-2-7(3-6)5-10-8/h1-2,6-7H,3-5H2/t6-,7+/m0/s1. The number of allylic oxidation sites excluding steroid dienone is 1. The van der Waals surface area contributed by atoms with E-state index in [1.807, 2.05) is 0 Å².